The molecule has 118 valence electrons. The zero-order valence-corrected chi connectivity index (χ0v) is 13.2. The quantitative estimate of drug-likeness (QED) is 0.811. The van der Waals surface area contributed by atoms with Crippen molar-refractivity contribution in [1.29, 1.82) is 0 Å². The second-order valence-electron chi connectivity index (χ2n) is 5.90. The Morgan fingerprint density at radius 1 is 1.48 bits per heavy atom. The highest BCUT2D eigenvalue weighted by Crippen LogP contribution is 2.23. The van der Waals surface area contributed by atoms with Crippen LogP contribution in [0.4, 0.5) is 4.79 Å². The van der Waals surface area contributed by atoms with Crippen molar-refractivity contribution in [3.8, 4) is 0 Å². The summed E-state index contributed by atoms with van der Waals surface area (Å²) in [5.41, 5.74) is 0.284. The van der Waals surface area contributed by atoms with Gasteiger partial charge in [-0.1, -0.05) is 25.9 Å². The lowest BCUT2D eigenvalue weighted by molar-refractivity contribution is 0.218. The van der Waals surface area contributed by atoms with E-state index in [1.165, 1.54) is 6.07 Å². The molecule has 1 aliphatic heterocycles. The van der Waals surface area contributed by atoms with Gasteiger partial charge < -0.3 is 14.7 Å². The highest BCUT2D eigenvalue weighted by molar-refractivity contribution is 7.89. The first kappa shape index (κ1) is 15.8. The Morgan fingerprint density at radius 3 is 2.71 bits per heavy atom. The molecule has 1 fully saturated rings. The van der Waals surface area contributed by atoms with Crippen LogP contribution in [0.5, 0.6) is 0 Å². The molecule has 0 radical (unpaired) electrons. The van der Waals surface area contributed by atoms with Gasteiger partial charge in [0.15, 0.2) is 0 Å². The number of carbonyl (C=O) groups is 1. The molecule has 2 heterocycles. The van der Waals surface area contributed by atoms with Crippen molar-refractivity contribution < 1.29 is 17.7 Å². The van der Waals surface area contributed by atoms with E-state index in [4.69, 9.17) is 4.52 Å². The normalized spacial score (nSPS) is 16.3. The van der Waals surface area contributed by atoms with E-state index in [1.807, 2.05) is 20.8 Å². The molecule has 0 aromatic carbocycles. The summed E-state index contributed by atoms with van der Waals surface area (Å²) in [7, 11) is -3.75. The molecule has 1 saturated heterocycles. The van der Waals surface area contributed by atoms with Crippen LogP contribution in [0.3, 0.4) is 0 Å². The zero-order chi connectivity index (χ0) is 15.7. The number of nitrogens with zero attached hydrogens (tertiary/aromatic N) is 2. The predicted octanol–water partition coefficient (Wildman–Crippen LogP) is 0.276. The minimum absolute atomic E-state index is 0.126. The van der Waals surface area contributed by atoms with Crippen LogP contribution in [0, 0.1) is 0 Å². The maximum atomic E-state index is 12.1. The Morgan fingerprint density at radius 2 is 2.19 bits per heavy atom. The van der Waals surface area contributed by atoms with E-state index in [2.05, 4.69) is 15.2 Å². The van der Waals surface area contributed by atoms with Crippen LogP contribution in [0.2, 0.25) is 0 Å². The Hall–Kier alpha value is -1.61. The lowest BCUT2D eigenvalue weighted by Crippen LogP contribution is -2.36. The minimum atomic E-state index is -3.75. The van der Waals surface area contributed by atoms with E-state index < -0.39 is 10.0 Å². The SMILES string of the molecule is CC(C)(C)c1cc(S(=O)(=O)NCCN2CCNC2=O)on1. The largest absolute Gasteiger partial charge is 0.343 e. The Labute approximate surface area is 123 Å². The van der Waals surface area contributed by atoms with Gasteiger partial charge in [-0.15, -0.1) is 0 Å². The van der Waals surface area contributed by atoms with Gasteiger partial charge in [0.2, 0.25) is 0 Å². The summed E-state index contributed by atoms with van der Waals surface area (Å²) in [6.45, 7) is 7.36. The molecule has 2 amide bonds. The first-order chi connectivity index (χ1) is 9.70. The van der Waals surface area contributed by atoms with Crippen molar-refractivity contribution in [2.75, 3.05) is 26.2 Å². The number of carbonyl (C=O) groups excluding carboxylic acids is 1. The fourth-order valence-corrected chi connectivity index (χ4v) is 2.75. The zero-order valence-electron chi connectivity index (χ0n) is 12.3. The molecule has 1 aromatic rings. The maximum absolute atomic E-state index is 12.1. The van der Waals surface area contributed by atoms with Crippen molar-refractivity contribution in [3.05, 3.63) is 11.8 Å². The van der Waals surface area contributed by atoms with E-state index in [0.29, 0.717) is 25.3 Å². The van der Waals surface area contributed by atoms with Gasteiger partial charge in [0.05, 0.1) is 5.69 Å². The van der Waals surface area contributed by atoms with Crippen molar-refractivity contribution in [1.82, 2.24) is 20.1 Å². The molecule has 0 bridgehead atoms. The average molecular weight is 316 g/mol. The summed E-state index contributed by atoms with van der Waals surface area (Å²) in [5.74, 6) is 0. The van der Waals surface area contributed by atoms with Gasteiger partial charge in [0, 0.05) is 37.7 Å². The van der Waals surface area contributed by atoms with Crippen LogP contribution in [-0.2, 0) is 15.4 Å². The standard InChI is InChI=1S/C12H20N4O4S/c1-12(2,3)9-8-10(20-15-9)21(18,19)14-5-7-16-6-4-13-11(16)17/h8,14H,4-7H2,1-3H3,(H,13,17). The number of amides is 2. The van der Waals surface area contributed by atoms with E-state index in [9.17, 15) is 13.2 Å². The molecule has 1 aromatic heterocycles. The predicted molar refractivity (Wildman–Crippen MR) is 75.4 cm³/mol. The molecule has 21 heavy (non-hydrogen) atoms. The van der Waals surface area contributed by atoms with E-state index in [0.717, 1.165) is 0 Å². The smallest absolute Gasteiger partial charge is 0.317 e. The highest BCUT2D eigenvalue weighted by Gasteiger charge is 2.26. The molecule has 0 saturated carbocycles. The highest BCUT2D eigenvalue weighted by atomic mass is 32.2. The summed E-state index contributed by atoms with van der Waals surface area (Å²) < 4.78 is 31.4. The molecule has 1 aliphatic rings. The van der Waals surface area contributed by atoms with Crippen LogP contribution < -0.4 is 10.0 Å². The first-order valence-electron chi connectivity index (χ1n) is 6.70. The molecule has 0 unspecified atom stereocenters. The van der Waals surface area contributed by atoms with Crippen molar-refractivity contribution in [2.45, 2.75) is 31.3 Å². The van der Waals surface area contributed by atoms with Crippen LogP contribution in [0.25, 0.3) is 0 Å². The van der Waals surface area contributed by atoms with Gasteiger partial charge in [0.25, 0.3) is 15.1 Å². The van der Waals surface area contributed by atoms with Crippen molar-refractivity contribution in [2.24, 2.45) is 0 Å². The molecule has 9 heteroatoms. The lowest BCUT2D eigenvalue weighted by Gasteiger charge is -2.13. The average Bonchev–Trinajstić information content (AvgIpc) is 2.98. The van der Waals surface area contributed by atoms with Crippen LogP contribution >= 0.6 is 0 Å². The lowest BCUT2D eigenvalue weighted by atomic mass is 9.93. The van der Waals surface area contributed by atoms with Gasteiger partial charge in [-0.25, -0.2) is 17.9 Å². The van der Waals surface area contributed by atoms with Crippen LogP contribution in [-0.4, -0.2) is 50.7 Å². The third-order valence-corrected chi connectivity index (χ3v) is 4.45. The van der Waals surface area contributed by atoms with E-state index in [1.54, 1.807) is 4.90 Å². The van der Waals surface area contributed by atoms with E-state index >= 15 is 0 Å². The van der Waals surface area contributed by atoms with Crippen molar-refractivity contribution >= 4 is 16.1 Å². The summed E-state index contributed by atoms with van der Waals surface area (Å²) in [4.78, 5) is 12.9. The summed E-state index contributed by atoms with van der Waals surface area (Å²) in [5, 5.41) is 6.22. The molecule has 8 nitrogen and oxygen atoms in total. The maximum Gasteiger partial charge on any atom is 0.317 e. The number of urea groups is 1. The van der Waals surface area contributed by atoms with Gasteiger partial charge in [-0.2, -0.15) is 0 Å². The minimum Gasteiger partial charge on any atom is -0.343 e. The Balaban J connectivity index is 1.95. The number of hydrogen-bond acceptors (Lipinski definition) is 5. The van der Waals surface area contributed by atoms with Gasteiger partial charge in [0.1, 0.15) is 0 Å². The molecule has 2 N–H and O–H groups in total. The fourth-order valence-electron chi connectivity index (χ4n) is 1.85. The van der Waals surface area contributed by atoms with Gasteiger partial charge >= 0.3 is 6.03 Å². The molecule has 0 spiro atoms. The Kier molecular flexibility index (Phi) is 4.24. The fraction of sp³-hybridized carbons (Fsp3) is 0.667. The number of hydrogen-bond donors (Lipinski definition) is 2. The number of sulfonamides is 1. The first-order valence-corrected chi connectivity index (χ1v) is 8.18. The van der Waals surface area contributed by atoms with Gasteiger partial charge in [-0.05, 0) is 0 Å². The van der Waals surface area contributed by atoms with Gasteiger partial charge in [-0.3, -0.25) is 0 Å². The summed E-state index contributed by atoms with van der Waals surface area (Å²) in [6, 6.07) is 1.24. The number of aromatic nitrogens is 1. The summed E-state index contributed by atoms with van der Waals surface area (Å²) >= 11 is 0. The molecular formula is C12H20N4O4S. The molecule has 2 rings (SSSR count). The molecule has 0 atom stereocenters. The summed E-state index contributed by atoms with van der Waals surface area (Å²) in [6.07, 6.45) is 0. The van der Waals surface area contributed by atoms with E-state index in [-0.39, 0.29) is 23.1 Å². The van der Waals surface area contributed by atoms with Crippen LogP contribution in [0.15, 0.2) is 15.7 Å². The Bertz CT molecular complexity index is 617. The number of rotatable bonds is 5. The molecular weight excluding hydrogens is 296 g/mol. The topological polar surface area (TPSA) is 105 Å². The number of nitrogens with one attached hydrogen (secondary N) is 2. The second kappa shape index (κ2) is 5.64. The second-order valence-corrected chi connectivity index (χ2v) is 7.60. The third kappa shape index (κ3) is 3.73. The molecule has 0 aliphatic carbocycles. The monoisotopic (exact) mass is 316 g/mol. The van der Waals surface area contributed by atoms with Crippen LogP contribution in [0.1, 0.15) is 26.5 Å². The van der Waals surface area contributed by atoms with Crippen molar-refractivity contribution in [3.63, 3.8) is 0 Å². The third-order valence-electron chi connectivity index (χ3n) is 3.14.